The first-order valence-corrected chi connectivity index (χ1v) is 12.2. The topological polar surface area (TPSA) is 73.5 Å². The van der Waals surface area contributed by atoms with Crippen LogP contribution in [0.25, 0.3) is 0 Å². The molecule has 1 aliphatic heterocycles. The Hall–Kier alpha value is -3.32. The fourth-order valence-electron chi connectivity index (χ4n) is 3.95. The fourth-order valence-corrected chi connectivity index (χ4v) is 4.84. The van der Waals surface area contributed by atoms with Gasteiger partial charge in [-0.25, -0.2) is 4.79 Å². The van der Waals surface area contributed by atoms with Crippen LogP contribution in [0.2, 0.25) is 0 Å². The van der Waals surface area contributed by atoms with Crippen molar-refractivity contribution in [3.05, 3.63) is 82.0 Å². The molecule has 3 amide bonds. The van der Waals surface area contributed by atoms with Crippen LogP contribution in [-0.2, 0) is 24.3 Å². The van der Waals surface area contributed by atoms with Gasteiger partial charge in [0.05, 0.1) is 0 Å². The Balaban J connectivity index is 1.32. The van der Waals surface area contributed by atoms with Crippen LogP contribution in [0, 0.1) is 5.92 Å². The fraction of sp³-hybridized carbons (Fsp3) is 0.308. The van der Waals surface area contributed by atoms with E-state index in [2.05, 4.69) is 32.3 Å². The number of nitrogens with zero attached hydrogens (tertiary/aromatic N) is 1. The third-order valence-corrected chi connectivity index (χ3v) is 6.86. The Kier molecular flexibility index (Phi) is 7.29. The van der Waals surface area contributed by atoms with Gasteiger partial charge in [0.1, 0.15) is 6.04 Å². The summed E-state index contributed by atoms with van der Waals surface area (Å²) >= 11 is 1.83. The van der Waals surface area contributed by atoms with E-state index in [1.54, 1.807) is 0 Å². The predicted octanol–water partition coefficient (Wildman–Crippen LogP) is 4.77. The molecule has 0 spiro atoms. The van der Waals surface area contributed by atoms with Gasteiger partial charge in [0.15, 0.2) is 0 Å². The quantitative estimate of drug-likeness (QED) is 0.473. The first-order valence-electron chi connectivity index (χ1n) is 11.3. The van der Waals surface area contributed by atoms with E-state index in [0.717, 1.165) is 30.8 Å². The number of rotatable bonds is 7. The first kappa shape index (κ1) is 22.9. The standard InChI is InChI=1S/C26H30N4O2S/c1-18(2)24(29-26(32)27-16-19-6-4-3-5-7-19)25(31)28-21-8-10-22(11-9-21)30-14-12-23-20(17-30)13-15-33-23/h3-11,13,15,18,24H,12,14,16-17H2,1-2H3,(H,28,31)(H2,27,29,32). The Morgan fingerprint density at radius 2 is 1.79 bits per heavy atom. The summed E-state index contributed by atoms with van der Waals surface area (Å²) < 4.78 is 0. The van der Waals surface area contributed by atoms with Gasteiger partial charge >= 0.3 is 6.03 Å². The second kappa shape index (κ2) is 10.5. The minimum Gasteiger partial charge on any atom is -0.367 e. The normalized spacial score (nSPS) is 13.8. The molecule has 4 rings (SSSR count). The van der Waals surface area contributed by atoms with Crippen molar-refractivity contribution < 1.29 is 9.59 Å². The van der Waals surface area contributed by atoms with Crippen molar-refractivity contribution in [2.45, 2.75) is 39.4 Å². The summed E-state index contributed by atoms with van der Waals surface area (Å²) in [5, 5.41) is 10.7. The molecule has 1 aliphatic rings. The van der Waals surface area contributed by atoms with Crippen molar-refractivity contribution in [1.82, 2.24) is 10.6 Å². The SMILES string of the molecule is CC(C)C(NC(=O)NCc1ccccc1)C(=O)Nc1ccc(N2CCc3sccc3C2)cc1. The summed E-state index contributed by atoms with van der Waals surface area (Å²) in [5.74, 6) is -0.284. The smallest absolute Gasteiger partial charge is 0.315 e. The second-order valence-corrected chi connectivity index (χ2v) is 9.61. The van der Waals surface area contributed by atoms with E-state index in [1.165, 1.54) is 10.4 Å². The van der Waals surface area contributed by atoms with Crippen LogP contribution in [-0.4, -0.2) is 24.5 Å². The molecule has 2 aromatic carbocycles. The Labute approximate surface area is 199 Å². The van der Waals surface area contributed by atoms with Crippen LogP contribution in [0.5, 0.6) is 0 Å². The molecule has 1 unspecified atom stereocenters. The van der Waals surface area contributed by atoms with Crippen LogP contribution in [0.15, 0.2) is 66.0 Å². The van der Waals surface area contributed by atoms with Crippen LogP contribution >= 0.6 is 11.3 Å². The van der Waals surface area contributed by atoms with E-state index in [0.29, 0.717) is 12.2 Å². The van der Waals surface area contributed by atoms with Crippen molar-refractivity contribution in [3.63, 3.8) is 0 Å². The maximum atomic E-state index is 12.9. The van der Waals surface area contributed by atoms with E-state index < -0.39 is 6.04 Å². The maximum Gasteiger partial charge on any atom is 0.315 e. The average Bonchev–Trinajstić information content (AvgIpc) is 3.30. The second-order valence-electron chi connectivity index (χ2n) is 8.61. The lowest BCUT2D eigenvalue weighted by molar-refractivity contribution is -0.118. The molecule has 172 valence electrons. The summed E-state index contributed by atoms with van der Waals surface area (Å²) in [6.07, 6.45) is 1.07. The van der Waals surface area contributed by atoms with Crippen molar-refractivity contribution in [2.24, 2.45) is 5.92 Å². The molecule has 0 aliphatic carbocycles. The van der Waals surface area contributed by atoms with Gasteiger partial charge < -0.3 is 20.9 Å². The molecule has 3 aromatic rings. The Bertz CT molecular complexity index is 1080. The number of fused-ring (bicyclic) bond motifs is 1. The van der Waals surface area contributed by atoms with Gasteiger partial charge in [-0.15, -0.1) is 11.3 Å². The zero-order chi connectivity index (χ0) is 23.2. The molecule has 0 saturated heterocycles. The monoisotopic (exact) mass is 462 g/mol. The molecular weight excluding hydrogens is 432 g/mol. The van der Waals surface area contributed by atoms with Crippen molar-refractivity contribution in [1.29, 1.82) is 0 Å². The number of anilines is 2. The molecule has 0 radical (unpaired) electrons. The lowest BCUT2D eigenvalue weighted by atomic mass is 10.0. The molecule has 6 nitrogen and oxygen atoms in total. The van der Waals surface area contributed by atoms with E-state index >= 15 is 0 Å². The molecule has 3 N–H and O–H groups in total. The van der Waals surface area contributed by atoms with Gasteiger partial charge in [-0.05, 0) is 59.2 Å². The third kappa shape index (κ3) is 5.93. The minimum atomic E-state index is -0.639. The number of amides is 3. The molecule has 7 heteroatoms. The van der Waals surface area contributed by atoms with E-state index in [9.17, 15) is 9.59 Å². The summed E-state index contributed by atoms with van der Waals surface area (Å²) in [6.45, 7) is 6.16. The number of carbonyl (C=O) groups excluding carboxylic acids is 2. The lowest BCUT2D eigenvalue weighted by Crippen LogP contribution is -2.50. The number of carbonyl (C=O) groups is 2. The summed E-state index contributed by atoms with van der Waals surface area (Å²) in [5.41, 5.74) is 4.26. The number of hydrogen-bond acceptors (Lipinski definition) is 4. The van der Waals surface area contributed by atoms with Gasteiger partial charge in [0.25, 0.3) is 0 Å². The molecule has 0 fully saturated rings. The van der Waals surface area contributed by atoms with Crippen molar-refractivity contribution in [3.8, 4) is 0 Å². The van der Waals surface area contributed by atoms with Gasteiger partial charge in [-0.2, -0.15) is 0 Å². The Morgan fingerprint density at radius 3 is 2.52 bits per heavy atom. The summed E-state index contributed by atoms with van der Waals surface area (Å²) in [6, 6.07) is 18.8. The van der Waals surface area contributed by atoms with Gasteiger partial charge in [0, 0.05) is 35.9 Å². The summed E-state index contributed by atoms with van der Waals surface area (Å²) in [4.78, 5) is 29.1. The van der Waals surface area contributed by atoms with Crippen LogP contribution in [0.3, 0.4) is 0 Å². The predicted molar refractivity (Wildman–Crippen MR) is 135 cm³/mol. The van der Waals surface area contributed by atoms with Crippen LogP contribution in [0.1, 0.15) is 29.9 Å². The van der Waals surface area contributed by atoms with Crippen molar-refractivity contribution in [2.75, 3.05) is 16.8 Å². The largest absolute Gasteiger partial charge is 0.367 e. The lowest BCUT2D eigenvalue weighted by Gasteiger charge is -2.29. The molecule has 2 heterocycles. The number of urea groups is 1. The zero-order valence-corrected chi connectivity index (χ0v) is 19.8. The highest BCUT2D eigenvalue weighted by molar-refractivity contribution is 7.10. The summed E-state index contributed by atoms with van der Waals surface area (Å²) in [7, 11) is 0. The van der Waals surface area contributed by atoms with Crippen LogP contribution in [0.4, 0.5) is 16.2 Å². The molecule has 0 saturated carbocycles. The number of nitrogens with one attached hydrogen (secondary N) is 3. The van der Waals surface area contributed by atoms with Crippen molar-refractivity contribution >= 4 is 34.6 Å². The first-order chi connectivity index (χ1) is 16.0. The third-order valence-electron chi connectivity index (χ3n) is 5.84. The van der Waals surface area contributed by atoms with Crippen LogP contribution < -0.4 is 20.9 Å². The van der Waals surface area contributed by atoms with Gasteiger partial charge in [-0.3, -0.25) is 4.79 Å². The highest BCUT2D eigenvalue weighted by Gasteiger charge is 2.24. The molecule has 1 atom stereocenters. The van der Waals surface area contributed by atoms with E-state index in [4.69, 9.17) is 0 Å². The van der Waals surface area contributed by atoms with Gasteiger partial charge in [-0.1, -0.05) is 44.2 Å². The zero-order valence-electron chi connectivity index (χ0n) is 19.0. The van der Waals surface area contributed by atoms with E-state index in [-0.39, 0.29) is 17.9 Å². The molecule has 33 heavy (non-hydrogen) atoms. The highest BCUT2D eigenvalue weighted by Crippen LogP contribution is 2.28. The van der Waals surface area contributed by atoms with Gasteiger partial charge in [0.2, 0.25) is 5.91 Å². The number of thiophene rings is 1. The number of benzene rings is 2. The number of hydrogen-bond donors (Lipinski definition) is 3. The molecular formula is C26H30N4O2S. The molecule has 0 bridgehead atoms. The Morgan fingerprint density at radius 1 is 1.03 bits per heavy atom. The maximum absolute atomic E-state index is 12.9. The minimum absolute atomic E-state index is 0.0556. The average molecular weight is 463 g/mol. The highest BCUT2D eigenvalue weighted by atomic mass is 32.1. The van der Waals surface area contributed by atoms with E-state index in [1.807, 2.05) is 79.8 Å². The molecule has 1 aromatic heterocycles.